The first-order valence-electron chi connectivity index (χ1n) is 8.40. The highest BCUT2D eigenvalue weighted by molar-refractivity contribution is 7.97. The summed E-state index contributed by atoms with van der Waals surface area (Å²) in [5.41, 5.74) is -2.11. The molecule has 1 unspecified atom stereocenters. The molecule has 1 N–H and O–H groups in total. The number of hydrogen-bond acceptors (Lipinski definition) is 4. The summed E-state index contributed by atoms with van der Waals surface area (Å²) < 4.78 is 41.1. The molecule has 2 aromatic carbocycles. The van der Waals surface area contributed by atoms with Crippen molar-refractivity contribution >= 4 is 17.6 Å². The van der Waals surface area contributed by atoms with Gasteiger partial charge in [-0.2, -0.15) is 13.2 Å². The monoisotopic (exact) mass is 382 g/mol. The van der Waals surface area contributed by atoms with Crippen LogP contribution in [0.5, 0.6) is 0 Å². The van der Waals surface area contributed by atoms with E-state index < -0.39 is 11.8 Å². The minimum absolute atomic E-state index is 0.146. The molecular weight excluding hydrogens is 361 g/mol. The highest BCUT2D eigenvalue weighted by Gasteiger charge is 2.51. The summed E-state index contributed by atoms with van der Waals surface area (Å²) in [7, 11) is 0. The second kappa shape index (κ2) is 7.50. The van der Waals surface area contributed by atoms with Gasteiger partial charge in [-0.25, -0.2) is 4.31 Å². The van der Waals surface area contributed by atoms with E-state index in [1.807, 2.05) is 18.2 Å². The van der Waals surface area contributed by atoms with E-state index in [2.05, 4.69) is 21.3 Å². The third kappa shape index (κ3) is 4.16. The lowest BCUT2D eigenvalue weighted by molar-refractivity contribution is -0.258. The Balaban J connectivity index is 1.60. The van der Waals surface area contributed by atoms with E-state index in [1.54, 1.807) is 24.1 Å². The molecule has 0 aromatic heterocycles. The number of benzene rings is 2. The summed E-state index contributed by atoms with van der Waals surface area (Å²) in [5.74, 6) is 0. The number of aliphatic hydroxyl groups is 1. The number of anilines is 1. The predicted molar refractivity (Wildman–Crippen MR) is 98.2 cm³/mol. The summed E-state index contributed by atoms with van der Waals surface area (Å²) >= 11 is 1.72. The average molecular weight is 382 g/mol. The molecule has 2 aromatic rings. The number of rotatable bonds is 4. The van der Waals surface area contributed by atoms with Crippen LogP contribution in [0.25, 0.3) is 0 Å². The normalized spacial score (nSPS) is 18.6. The zero-order valence-electron chi connectivity index (χ0n) is 14.4. The van der Waals surface area contributed by atoms with E-state index in [9.17, 15) is 18.3 Å². The second-order valence-electron chi connectivity index (χ2n) is 6.44. The van der Waals surface area contributed by atoms with Crippen molar-refractivity contribution in [3.63, 3.8) is 0 Å². The van der Waals surface area contributed by atoms with Crippen LogP contribution in [0.4, 0.5) is 18.9 Å². The van der Waals surface area contributed by atoms with Crippen LogP contribution in [-0.4, -0.2) is 41.8 Å². The Labute approximate surface area is 155 Å². The third-order valence-corrected chi connectivity index (χ3v) is 5.67. The topological polar surface area (TPSA) is 26.7 Å². The van der Waals surface area contributed by atoms with Gasteiger partial charge in [-0.15, -0.1) is 0 Å². The van der Waals surface area contributed by atoms with E-state index in [-0.39, 0.29) is 5.56 Å². The van der Waals surface area contributed by atoms with Crippen molar-refractivity contribution in [1.29, 1.82) is 0 Å². The van der Waals surface area contributed by atoms with Gasteiger partial charge in [0, 0.05) is 36.8 Å². The van der Waals surface area contributed by atoms with Crippen LogP contribution in [0.3, 0.4) is 0 Å². The van der Waals surface area contributed by atoms with Gasteiger partial charge in [0.15, 0.2) is 5.60 Å². The lowest BCUT2D eigenvalue weighted by Gasteiger charge is -2.35. The molecule has 0 bridgehead atoms. The van der Waals surface area contributed by atoms with Gasteiger partial charge in [0.05, 0.1) is 0 Å². The minimum Gasteiger partial charge on any atom is -0.376 e. The molecule has 140 valence electrons. The molecule has 1 saturated heterocycles. The minimum atomic E-state index is -4.70. The van der Waals surface area contributed by atoms with Gasteiger partial charge >= 0.3 is 6.18 Å². The van der Waals surface area contributed by atoms with Crippen LogP contribution in [-0.2, 0) is 5.60 Å². The Morgan fingerprint density at radius 1 is 0.885 bits per heavy atom. The maximum Gasteiger partial charge on any atom is 0.421 e. The SMILES string of the molecule is CC(O)(c1ccc(N2CCN(Sc3ccccc3)CC2)cc1)C(F)(F)F. The molecule has 0 radical (unpaired) electrons. The Morgan fingerprint density at radius 2 is 1.46 bits per heavy atom. The molecule has 1 aliphatic rings. The molecule has 1 heterocycles. The highest BCUT2D eigenvalue weighted by atomic mass is 32.2. The summed E-state index contributed by atoms with van der Waals surface area (Å²) in [5, 5.41) is 9.75. The van der Waals surface area contributed by atoms with E-state index in [0.29, 0.717) is 0 Å². The van der Waals surface area contributed by atoms with E-state index in [4.69, 9.17) is 0 Å². The molecular formula is C19H21F3N2OS. The largest absolute Gasteiger partial charge is 0.421 e. The van der Waals surface area contributed by atoms with Gasteiger partial charge in [-0.1, -0.05) is 30.3 Å². The first kappa shape index (κ1) is 19.1. The van der Waals surface area contributed by atoms with E-state index >= 15 is 0 Å². The van der Waals surface area contributed by atoms with Crippen molar-refractivity contribution in [3.05, 3.63) is 60.2 Å². The van der Waals surface area contributed by atoms with Crippen molar-refractivity contribution in [3.8, 4) is 0 Å². The number of piperazine rings is 1. The lowest BCUT2D eigenvalue weighted by atomic mass is 9.95. The Morgan fingerprint density at radius 3 is 2.00 bits per heavy atom. The van der Waals surface area contributed by atoms with Crippen molar-refractivity contribution in [1.82, 2.24) is 4.31 Å². The van der Waals surface area contributed by atoms with Crippen LogP contribution in [0.2, 0.25) is 0 Å². The van der Waals surface area contributed by atoms with Gasteiger partial charge < -0.3 is 10.0 Å². The molecule has 0 saturated carbocycles. The van der Waals surface area contributed by atoms with Crippen LogP contribution in [0, 0.1) is 0 Å². The molecule has 0 aliphatic carbocycles. The van der Waals surface area contributed by atoms with E-state index in [1.165, 1.54) is 17.0 Å². The summed E-state index contributed by atoms with van der Waals surface area (Å²) in [6.07, 6.45) is -4.70. The summed E-state index contributed by atoms with van der Waals surface area (Å²) in [6, 6.07) is 16.2. The Hall–Kier alpha value is -1.70. The van der Waals surface area contributed by atoms with E-state index in [0.717, 1.165) is 38.8 Å². The number of alkyl halides is 3. The molecule has 1 aliphatic heterocycles. The fourth-order valence-electron chi connectivity index (χ4n) is 2.83. The number of halogens is 3. The van der Waals surface area contributed by atoms with Gasteiger partial charge in [0.1, 0.15) is 0 Å². The highest BCUT2D eigenvalue weighted by Crippen LogP contribution is 2.39. The van der Waals surface area contributed by atoms with Crippen molar-refractivity contribution in [2.75, 3.05) is 31.1 Å². The Bertz CT molecular complexity index is 712. The van der Waals surface area contributed by atoms with Crippen molar-refractivity contribution in [2.45, 2.75) is 23.6 Å². The van der Waals surface area contributed by atoms with Gasteiger partial charge in [0.25, 0.3) is 0 Å². The van der Waals surface area contributed by atoms with Crippen LogP contribution < -0.4 is 4.90 Å². The quantitative estimate of drug-likeness (QED) is 0.799. The zero-order chi connectivity index (χ0) is 18.8. The second-order valence-corrected chi connectivity index (χ2v) is 7.61. The number of nitrogens with zero attached hydrogens (tertiary/aromatic N) is 2. The molecule has 7 heteroatoms. The lowest BCUT2D eigenvalue weighted by Crippen LogP contribution is -2.43. The number of hydrogen-bond donors (Lipinski definition) is 1. The van der Waals surface area contributed by atoms with Crippen LogP contribution >= 0.6 is 11.9 Å². The van der Waals surface area contributed by atoms with Gasteiger partial charge in [0.2, 0.25) is 0 Å². The van der Waals surface area contributed by atoms with Crippen molar-refractivity contribution in [2.24, 2.45) is 0 Å². The smallest absolute Gasteiger partial charge is 0.376 e. The maximum atomic E-state index is 12.9. The summed E-state index contributed by atoms with van der Waals surface area (Å²) in [6.45, 7) is 4.11. The summed E-state index contributed by atoms with van der Waals surface area (Å²) in [4.78, 5) is 3.34. The molecule has 0 amide bonds. The van der Waals surface area contributed by atoms with Crippen molar-refractivity contribution < 1.29 is 18.3 Å². The zero-order valence-corrected chi connectivity index (χ0v) is 15.2. The Kier molecular flexibility index (Phi) is 5.50. The molecule has 3 nitrogen and oxygen atoms in total. The molecule has 3 rings (SSSR count). The first-order chi connectivity index (χ1) is 12.3. The van der Waals surface area contributed by atoms with Gasteiger partial charge in [-0.05, 0) is 48.7 Å². The average Bonchev–Trinajstić information content (AvgIpc) is 2.62. The molecule has 1 atom stereocenters. The maximum absolute atomic E-state index is 12.9. The molecule has 26 heavy (non-hydrogen) atoms. The fourth-order valence-corrected chi connectivity index (χ4v) is 3.75. The molecule has 1 fully saturated rings. The van der Waals surface area contributed by atoms with Gasteiger partial charge in [-0.3, -0.25) is 0 Å². The van der Waals surface area contributed by atoms with Crippen LogP contribution in [0.1, 0.15) is 12.5 Å². The van der Waals surface area contributed by atoms with Crippen LogP contribution in [0.15, 0.2) is 59.5 Å². The third-order valence-electron chi connectivity index (χ3n) is 4.56. The fraction of sp³-hybridized carbons (Fsp3) is 0.368. The standard InChI is InChI=1S/C19H21F3N2OS/c1-18(25,19(20,21)22)15-7-9-16(10-8-15)23-11-13-24(14-12-23)26-17-5-3-2-4-6-17/h2-10,25H,11-14H2,1H3. The first-order valence-corrected chi connectivity index (χ1v) is 9.17. The molecule has 0 spiro atoms. The predicted octanol–water partition coefficient (Wildman–Crippen LogP) is 4.29.